The Balaban J connectivity index is 2.05. The number of nitrogens with one attached hydrogen (secondary N) is 2. The fourth-order valence-electron chi connectivity index (χ4n) is 1.75. The molecule has 0 saturated heterocycles. The van der Waals surface area contributed by atoms with Gasteiger partial charge in [-0.25, -0.2) is 4.39 Å². The van der Waals surface area contributed by atoms with Gasteiger partial charge in [0.05, 0.1) is 11.6 Å². The lowest BCUT2D eigenvalue weighted by molar-refractivity contribution is -0.131. The highest BCUT2D eigenvalue weighted by Gasteiger charge is 2.19. The molecule has 8 heteroatoms. The van der Waals surface area contributed by atoms with E-state index in [4.69, 9.17) is 16.3 Å². The largest absolute Gasteiger partial charge is 0.365 e. The summed E-state index contributed by atoms with van der Waals surface area (Å²) in [7, 11) is 0. The van der Waals surface area contributed by atoms with E-state index in [1.165, 1.54) is 24.3 Å². The van der Waals surface area contributed by atoms with Crippen LogP contribution in [0.2, 0.25) is 5.02 Å². The van der Waals surface area contributed by atoms with Crippen LogP contribution in [0, 0.1) is 5.82 Å². The van der Waals surface area contributed by atoms with Crippen LogP contribution >= 0.6 is 22.9 Å². The second-order valence-electron chi connectivity index (χ2n) is 4.59. The summed E-state index contributed by atoms with van der Waals surface area (Å²) in [6.45, 7) is 5.24. The van der Waals surface area contributed by atoms with Crippen LogP contribution < -0.4 is 10.9 Å². The van der Waals surface area contributed by atoms with Crippen molar-refractivity contribution < 1.29 is 18.7 Å². The van der Waals surface area contributed by atoms with Crippen molar-refractivity contribution in [3.05, 3.63) is 46.6 Å². The molecule has 2 rings (SSSR count). The number of benzene rings is 1. The van der Waals surface area contributed by atoms with Crippen LogP contribution in [0.4, 0.5) is 4.39 Å². The molecule has 0 bridgehead atoms. The van der Waals surface area contributed by atoms with E-state index < -0.39 is 23.7 Å². The average molecular weight is 357 g/mol. The number of thiophene rings is 1. The number of hydrazine groups is 1. The molecular weight excluding hydrogens is 343 g/mol. The van der Waals surface area contributed by atoms with Crippen molar-refractivity contribution in [1.82, 2.24) is 10.9 Å². The van der Waals surface area contributed by atoms with Crippen LogP contribution in [0.3, 0.4) is 0 Å². The summed E-state index contributed by atoms with van der Waals surface area (Å²) in [6, 6.07) is 4.07. The first kappa shape index (κ1) is 17.4. The zero-order valence-electron chi connectivity index (χ0n) is 12.2. The molecule has 0 saturated carbocycles. The van der Waals surface area contributed by atoms with E-state index in [9.17, 15) is 14.0 Å². The van der Waals surface area contributed by atoms with Gasteiger partial charge in [-0.2, -0.15) is 0 Å². The van der Waals surface area contributed by atoms with Gasteiger partial charge in [-0.15, -0.1) is 17.9 Å². The lowest BCUT2D eigenvalue weighted by Gasteiger charge is -2.12. The predicted molar refractivity (Wildman–Crippen MR) is 88.0 cm³/mol. The summed E-state index contributed by atoms with van der Waals surface area (Å²) in [6.07, 6.45) is 0.763. The van der Waals surface area contributed by atoms with Crippen LogP contribution in [0.5, 0.6) is 0 Å². The van der Waals surface area contributed by atoms with Crippen molar-refractivity contribution in [2.75, 3.05) is 6.61 Å². The SMILES string of the molecule is C=CCOC(C)C(=O)NNC(=O)c1sc2cc(F)ccc2c1Cl. The molecule has 1 aromatic heterocycles. The summed E-state index contributed by atoms with van der Waals surface area (Å²) < 4.78 is 18.9. The number of halogens is 2. The van der Waals surface area contributed by atoms with Gasteiger partial charge in [-0.1, -0.05) is 17.7 Å². The van der Waals surface area contributed by atoms with Gasteiger partial charge in [0.15, 0.2) is 0 Å². The van der Waals surface area contributed by atoms with Crippen LogP contribution in [0.1, 0.15) is 16.6 Å². The molecule has 0 radical (unpaired) electrons. The fourth-order valence-corrected chi connectivity index (χ4v) is 3.19. The minimum Gasteiger partial charge on any atom is -0.365 e. The van der Waals surface area contributed by atoms with Crippen molar-refractivity contribution in [3.63, 3.8) is 0 Å². The molecule has 1 heterocycles. The Morgan fingerprint density at radius 1 is 1.48 bits per heavy atom. The normalized spacial score (nSPS) is 12.0. The first-order chi connectivity index (χ1) is 10.9. The summed E-state index contributed by atoms with van der Waals surface area (Å²) in [5.74, 6) is -1.51. The second kappa shape index (κ2) is 7.54. The smallest absolute Gasteiger partial charge is 0.281 e. The Kier molecular flexibility index (Phi) is 5.70. The Bertz CT molecular complexity index is 763. The topological polar surface area (TPSA) is 67.4 Å². The quantitative estimate of drug-likeness (QED) is 0.639. The number of rotatable bonds is 5. The summed E-state index contributed by atoms with van der Waals surface area (Å²) in [4.78, 5) is 24.0. The number of ether oxygens (including phenoxy) is 1. The summed E-state index contributed by atoms with van der Waals surface area (Å²) >= 11 is 7.17. The van der Waals surface area contributed by atoms with E-state index >= 15 is 0 Å². The van der Waals surface area contributed by atoms with Crippen molar-refractivity contribution in [2.45, 2.75) is 13.0 Å². The van der Waals surface area contributed by atoms with Gasteiger partial charge >= 0.3 is 0 Å². The Morgan fingerprint density at radius 3 is 2.91 bits per heavy atom. The molecule has 0 fully saturated rings. The number of carbonyl (C=O) groups is 2. The molecule has 122 valence electrons. The number of carbonyl (C=O) groups excluding carboxylic acids is 2. The third-order valence-corrected chi connectivity index (χ3v) is 4.59. The minimum absolute atomic E-state index is 0.187. The van der Waals surface area contributed by atoms with Gasteiger partial charge in [0.2, 0.25) is 0 Å². The van der Waals surface area contributed by atoms with E-state index in [1.807, 2.05) is 0 Å². The van der Waals surface area contributed by atoms with Gasteiger partial charge in [0.1, 0.15) is 16.8 Å². The molecule has 0 spiro atoms. The van der Waals surface area contributed by atoms with Gasteiger partial charge in [-0.05, 0) is 25.1 Å². The van der Waals surface area contributed by atoms with E-state index in [2.05, 4.69) is 17.4 Å². The first-order valence-corrected chi connectivity index (χ1v) is 7.83. The lowest BCUT2D eigenvalue weighted by Crippen LogP contribution is -2.46. The molecule has 0 aliphatic rings. The maximum atomic E-state index is 13.2. The molecule has 2 aromatic rings. The van der Waals surface area contributed by atoms with Crippen molar-refractivity contribution in [3.8, 4) is 0 Å². The molecule has 2 N–H and O–H groups in total. The highest BCUT2D eigenvalue weighted by Crippen LogP contribution is 2.35. The van der Waals surface area contributed by atoms with Crippen molar-refractivity contribution >= 4 is 44.8 Å². The standard InChI is InChI=1S/C15H14ClFN2O3S/c1-3-6-22-8(2)14(20)18-19-15(21)13-12(16)10-5-4-9(17)7-11(10)23-13/h3-5,7-8H,1,6H2,2H3,(H,18,20)(H,19,21). The zero-order chi connectivity index (χ0) is 17.0. The van der Waals surface area contributed by atoms with Crippen LogP contribution in [-0.4, -0.2) is 24.5 Å². The highest BCUT2D eigenvalue weighted by molar-refractivity contribution is 7.21. The molecule has 5 nitrogen and oxygen atoms in total. The van der Waals surface area contributed by atoms with Crippen LogP contribution in [-0.2, 0) is 9.53 Å². The van der Waals surface area contributed by atoms with Gasteiger partial charge in [-0.3, -0.25) is 20.4 Å². The molecule has 1 atom stereocenters. The molecule has 23 heavy (non-hydrogen) atoms. The van der Waals surface area contributed by atoms with Gasteiger partial charge < -0.3 is 4.74 Å². The number of hydrogen-bond acceptors (Lipinski definition) is 4. The van der Waals surface area contributed by atoms with E-state index in [-0.39, 0.29) is 16.5 Å². The molecule has 0 aliphatic heterocycles. The monoisotopic (exact) mass is 356 g/mol. The Morgan fingerprint density at radius 2 is 2.22 bits per heavy atom. The molecule has 1 unspecified atom stereocenters. The fraction of sp³-hybridized carbons (Fsp3) is 0.200. The molecule has 1 aromatic carbocycles. The third-order valence-electron chi connectivity index (χ3n) is 2.93. The number of hydrogen-bond donors (Lipinski definition) is 2. The molecule has 2 amide bonds. The second-order valence-corrected chi connectivity index (χ2v) is 6.02. The van der Waals surface area contributed by atoms with E-state index in [0.29, 0.717) is 10.1 Å². The maximum absolute atomic E-state index is 13.2. The van der Waals surface area contributed by atoms with Gasteiger partial charge in [0, 0.05) is 10.1 Å². The third kappa shape index (κ3) is 4.07. The molecular formula is C15H14ClFN2O3S. The molecule has 0 aliphatic carbocycles. The minimum atomic E-state index is -0.750. The zero-order valence-corrected chi connectivity index (χ0v) is 13.8. The lowest BCUT2D eigenvalue weighted by atomic mass is 10.2. The van der Waals surface area contributed by atoms with Crippen molar-refractivity contribution in [2.24, 2.45) is 0 Å². The van der Waals surface area contributed by atoms with Crippen LogP contribution in [0.15, 0.2) is 30.9 Å². The number of fused-ring (bicyclic) bond motifs is 1. The predicted octanol–water partition coefficient (Wildman–Crippen LogP) is 3.05. The van der Waals surface area contributed by atoms with Gasteiger partial charge in [0.25, 0.3) is 11.8 Å². The number of amides is 2. The van der Waals surface area contributed by atoms with E-state index in [1.54, 1.807) is 6.92 Å². The Hall–Kier alpha value is -1.96. The highest BCUT2D eigenvalue weighted by atomic mass is 35.5. The Labute approximate surface area is 141 Å². The first-order valence-electron chi connectivity index (χ1n) is 6.64. The van der Waals surface area contributed by atoms with E-state index in [0.717, 1.165) is 11.3 Å². The average Bonchev–Trinajstić information content (AvgIpc) is 2.86. The van der Waals surface area contributed by atoms with Crippen LogP contribution in [0.25, 0.3) is 10.1 Å². The van der Waals surface area contributed by atoms with Crippen molar-refractivity contribution in [1.29, 1.82) is 0 Å². The summed E-state index contributed by atoms with van der Waals surface area (Å²) in [5, 5.41) is 0.796. The summed E-state index contributed by atoms with van der Waals surface area (Å²) in [5.41, 5.74) is 4.51. The maximum Gasteiger partial charge on any atom is 0.281 e.